The van der Waals surface area contributed by atoms with Crippen molar-refractivity contribution in [2.45, 2.75) is 71.4 Å². The van der Waals surface area contributed by atoms with Crippen LogP contribution < -0.4 is 10.6 Å². The maximum atomic E-state index is 12.3. The Morgan fingerprint density at radius 2 is 1.97 bits per heavy atom. The van der Waals surface area contributed by atoms with Crippen molar-refractivity contribution in [3.8, 4) is 0 Å². The van der Waals surface area contributed by atoms with Crippen molar-refractivity contribution >= 4 is 23.7 Å². The minimum absolute atomic E-state index is 0.0631. The van der Waals surface area contributed by atoms with Crippen molar-refractivity contribution in [1.29, 1.82) is 0 Å². The minimum atomic E-state index is -1.09. The third kappa shape index (κ3) is 5.07. The summed E-state index contributed by atoms with van der Waals surface area (Å²) in [7, 11) is 0. The molecule has 0 aromatic carbocycles. The van der Waals surface area contributed by atoms with Crippen LogP contribution in [0.5, 0.6) is 0 Å². The Morgan fingerprint density at radius 3 is 2.69 bits per heavy atom. The summed E-state index contributed by atoms with van der Waals surface area (Å²) in [4.78, 5) is 44.8. The fourth-order valence-electron chi connectivity index (χ4n) is 3.53. The molecule has 29 heavy (non-hydrogen) atoms. The Balaban J connectivity index is 1.53. The topological polar surface area (TPSA) is 128 Å². The maximum absolute atomic E-state index is 12.3. The fourth-order valence-corrected chi connectivity index (χ4v) is 3.53. The molecule has 2 aromatic heterocycles. The standard InChI is InChI=1S/C19H26N6O4/c1-11-15(12(2)25-18(22-11)20-10-21-25)9-16(26)29-13(3)17(27)24-19(28)23-14-7-5-4-6-8-14/h10,13-14H,4-9H2,1-3H3,(H2,23,24,27,28)/t13-/m1/s1. The summed E-state index contributed by atoms with van der Waals surface area (Å²) in [5, 5.41) is 9.11. The first-order chi connectivity index (χ1) is 13.8. The second kappa shape index (κ2) is 8.97. The number of hydrogen-bond donors (Lipinski definition) is 2. The molecule has 1 fully saturated rings. The molecule has 0 bridgehead atoms. The van der Waals surface area contributed by atoms with Gasteiger partial charge >= 0.3 is 12.0 Å². The van der Waals surface area contributed by atoms with Gasteiger partial charge in [-0.3, -0.25) is 14.9 Å². The van der Waals surface area contributed by atoms with E-state index in [1.54, 1.807) is 11.4 Å². The number of imide groups is 1. The van der Waals surface area contributed by atoms with E-state index >= 15 is 0 Å². The molecule has 10 nitrogen and oxygen atoms in total. The average molecular weight is 402 g/mol. The lowest BCUT2D eigenvalue weighted by molar-refractivity contribution is -0.153. The first kappa shape index (κ1) is 20.7. The van der Waals surface area contributed by atoms with E-state index in [0.717, 1.165) is 31.4 Å². The number of aryl methyl sites for hydroxylation is 2. The van der Waals surface area contributed by atoms with Gasteiger partial charge in [0.2, 0.25) is 0 Å². The molecule has 0 radical (unpaired) electrons. The molecule has 0 unspecified atom stereocenters. The van der Waals surface area contributed by atoms with E-state index in [2.05, 4.69) is 25.7 Å². The Labute approximate surface area is 168 Å². The number of amides is 3. The Morgan fingerprint density at radius 1 is 1.24 bits per heavy atom. The van der Waals surface area contributed by atoms with Crippen LogP contribution in [0, 0.1) is 13.8 Å². The molecule has 1 atom stereocenters. The minimum Gasteiger partial charge on any atom is -0.452 e. The van der Waals surface area contributed by atoms with Crippen LogP contribution in [0.15, 0.2) is 6.33 Å². The van der Waals surface area contributed by atoms with Gasteiger partial charge in [-0.2, -0.15) is 10.1 Å². The van der Waals surface area contributed by atoms with Crippen molar-refractivity contribution < 1.29 is 19.1 Å². The number of nitrogens with zero attached hydrogens (tertiary/aromatic N) is 4. The van der Waals surface area contributed by atoms with Crippen LogP contribution in [-0.4, -0.2) is 49.6 Å². The fraction of sp³-hybridized carbons (Fsp3) is 0.579. The van der Waals surface area contributed by atoms with Crippen molar-refractivity contribution in [2.75, 3.05) is 0 Å². The second-order valence-electron chi connectivity index (χ2n) is 7.34. The number of carbonyl (C=O) groups is 3. The molecule has 156 valence electrons. The highest BCUT2D eigenvalue weighted by atomic mass is 16.5. The number of urea groups is 1. The number of esters is 1. The Bertz CT molecular complexity index is 919. The van der Waals surface area contributed by atoms with Crippen LogP contribution in [-0.2, 0) is 20.7 Å². The molecule has 3 amide bonds. The normalized spacial score (nSPS) is 15.7. The lowest BCUT2D eigenvalue weighted by Crippen LogP contribution is -2.48. The molecular formula is C19H26N6O4. The molecule has 2 aromatic rings. The highest BCUT2D eigenvalue weighted by Gasteiger charge is 2.23. The lowest BCUT2D eigenvalue weighted by atomic mass is 9.96. The predicted octanol–water partition coefficient (Wildman–Crippen LogP) is 1.37. The van der Waals surface area contributed by atoms with Gasteiger partial charge in [-0.25, -0.2) is 14.3 Å². The molecule has 0 spiro atoms. The van der Waals surface area contributed by atoms with Crippen LogP contribution >= 0.6 is 0 Å². The van der Waals surface area contributed by atoms with Crippen LogP contribution in [0.1, 0.15) is 56.0 Å². The second-order valence-corrected chi connectivity index (χ2v) is 7.34. The number of hydrogen-bond acceptors (Lipinski definition) is 7. The largest absolute Gasteiger partial charge is 0.452 e. The smallest absolute Gasteiger partial charge is 0.321 e. The van der Waals surface area contributed by atoms with Crippen LogP contribution in [0.25, 0.3) is 5.78 Å². The Kier molecular flexibility index (Phi) is 6.40. The molecule has 2 heterocycles. The molecular weight excluding hydrogens is 376 g/mol. The number of rotatable bonds is 5. The van der Waals surface area contributed by atoms with Gasteiger partial charge in [-0.1, -0.05) is 19.3 Å². The first-order valence-electron chi connectivity index (χ1n) is 9.81. The molecule has 2 N–H and O–H groups in total. The highest BCUT2D eigenvalue weighted by Crippen LogP contribution is 2.17. The van der Waals surface area contributed by atoms with Gasteiger partial charge in [0.25, 0.3) is 11.7 Å². The molecule has 1 aliphatic rings. The molecule has 0 saturated heterocycles. The SMILES string of the molecule is Cc1nc2ncnn2c(C)c1CC(=O)O[C@H](C)C(=O)NC(=O)NC1CCCCC1. The number of carbonyl (C=O) groups excluding carboxylic acids is 3. The van der Waals surface area contributed by atoms with Gasteiger partial charge in [0, 0.05) is 23.0 Å². The zero-order chi connectivity index (χ0) is 21.0. The number of ether oxygens (including phenoxy) is 1. The summed E-state index contributed by atoms with van der Waals surface area (Å²) >= 11 is 0. The molecule has 0 aliphatic heterocycles. The van der Waals surface area contributed by atoms with E-state index in [1.165, 1.54) is 19.7 Å². The van der Waals surface area contributed by atoms with Crippen molar-refractivity contribution in [1.82, 2.24) is 30.2 Å². The van der Waals surface area contributed by atoms with Gasteiger partial charge in [0.05, 0.1) is 6.42 Å². The van der Waals surface area contributed by atoms with E-state index in [9.17, 15) is 14.4 Å². The third-order valence-corrected chi connectivity index (χ3v) is 5.16. The predicted molar refractivity (Wildman–Crippen MR) is 103 cm³/mol. The summed E-state index contributed by atoms with van der Waals surface area (Å²) in [6.07, 6.45) is 5.37. The monoisotopic (exact) mass is 402 g/mol. The van der Waals surface area contributed by atoms with Crippen LogP contribution in [0.3, 0.4) is 0 Å². The van der Waals surface area contributed by atoms with Crippen LogP contribution in [0.4, 0.5) is 4.79 Å². The molecule has 10 heteroatoms. The first-order valence-corrected chi connectivity index (χ1v) is 9.81. The summed E-state index contributed by atoms with van der Waals surface area (Å²) < 4.78 is 6.75. The van der Waals surface area contributed by atoms with Gasteiger partial charge in [0.15, 0.2) is 6.10 Å². The van der Waals surface area contributed by atoms with Crippen molar-refractivity contribution in [3.05, 3.63) is 23.3 Å². The van der Waals surface area contributed by atoms with E-state index in [1.807, 2.05) is 6.92 Å². The third-order valence-electron chi connectivity index (χ3n) is 5.16. The van der Waals surface area contributed by atoms with E-state index in [-0.39, 0.29) is 12.5 Å². The number of aromatic nitrogens is 4. The van der Waals surface area contributed by atoms with Gasteiger partial charge in [0.1, 0.15) is 6.33 Å². The van der Waals surface area contributed by atoms with Crippen molar-refractivity contribution in [3.63, 3.8) is 0 Å². The van der Waals surface area contributed by atoms with Gasteiger partial charge in [-0.15, -0.1) is 0 Å². The van der Waals surface area contributed by atoms with Crippen LogP contribution in [0.2, 0.25) is 0 Å². The summed E-state index contributed by atoms with van der Waals surface area (Å²) in [6, 6.07) is -0.475. The number of nitrogens with one attached hydrogen (secondary N) is 2. The van der Waals surface area contributed by atoms with E-state index in [0.29, 0.717) is 17.0 Å². The van der Waals surface area contributed by atoms with Gasteiger partial charge < -0.3 is 10.1 Å². The number of fused-ring (bicyclic) bond motifs is 1. The summed E-state index contributed by atoms with van der Waals surface area (Å²) in [6.45, 7) is 5.01. The average Bonchev–Trinajstić information content (AvgIpc) is 3.14. The van der Waals surface area contributed by atoms with Crippen molar-refractivity contribution in [2.24, 2.45) is 0 Å². The Hall–Kier alpha value is -3.04. The highest BCUT2D eigenvalue weighted by molar-refractivity contribution is 5.97. The molecule has 1 saturated carbocycles. The molecule has 1 aliphatic carbocycles. The zero-order valence-corrected chi connectivity index (χ0v) is 16.9. The molecule has 3 rings (SSSR count). The summed E-state index contributed by atoms with van der Waals surface area (Å²) in [5.74, 6) is -0.799. The van der Waals surface area contributed by atoms with E-state index in [4.69, 9.17) is 4.74 Å². The quantitative estimate of drug-likeness (QED) is 0.723. The summed E-state index contributed by atoms with van der Waals surface area (Å²) in [5.41, 5.74) is 2.03. The van der Waals surface area contributed by atoms with Gasteiger partial charge in [-0.05, 0) is 33.6 Å². The maximum Gasteiger partial charge on any atom is 0.321 e. The van der Waals surface area contributed by atoms with E-state index < -0.39 is 24.0 Å². The lowest BCUT2D eigenvalue weighted by Gasteiger charge is -2.23. The zero-order valence-electron chi connectivity index (χ0n) is 16.9.